The largest absolute Gasteiger partial charge is 0.497 e. The van der Waals surface area contributed by atoms with Crippen molar-refractivity contribution >= 4 is 22.5 Å². The van der Waals surface area contributed by atoms with Gasteiger partial charge in [-0.1, -0.05) is 18.2 Å². The number of para-hydroxylation sites is 1. The van der Waals surface area contributed by atoms with E-state index in [0.29, 0.717) is 11.5 Å². The predicted molar refractivity (Wildman–Crippen MR) is 92.6 cm³/mol. The third-order valence-electron chi connectivity index (χ3n) is 3.73. The number of aromatic nitrogens is 1. The second kappa shape index (κ2) is 7.04. The van der Waals surface area contributed by atoms with Crippen molar-refractivity contribution in [1.82, 2.24) is 4.57 Å². The standard InChI is InChI=1S/C18H17N3O4/c1-21-15-6-4-3-5-14(15)17(18(21)23)20-19-16(22)11-25-13-9-7-12(24-2)8-10-13/h3-10,23H,11H2,1-2H3. The van der Waals surface area contributed by atoms with Crippen LogP contribution in [0.2, 0.25) is 0 Å². The molecule has 0 aliphatic carbocycles. The van der Waals surface area contributed by atoms with E-state index in [9.17, 15) is 9.90 Å². The van der Waals surface area contributed by atoms with Gasteiger partial charge in [0.05, 0.1) is 12.6 Å². The molecule has 7 nitrogen and oxygen atoms in total. The molecule has 0 aliphatic heterocycles. The van der Waals surface area contributed by atoms with Crippen LogP contribution in [0.3, 0.4) is 0 Å². The van der Waals surface area contributed by atoms with Crippen LogP contribution in [0, 0.1) is 0 Å². The average Bonchev–Trinajstić information content (AvgIpc) is 2.89. The summed E-state index contributed by atoms with van der Waals surface area (Å²) in [6, 6.07) is 14.2. The summed E-state index contributed by atoms with van der Waals surface area (Å²) in [5.74, 6) is 0.624. The number of nitrogens with zero attached hydrogens (tertiary/aromatic N) is 3. The zero-order valence-electron chi connectivity index (χ0n) is 13.8. The van der Waals surface area contributed by atoms with Crippen LogP contribution >= 0.6 is 0 Å². The van der Waals surface area contributed by atoms with Gasteiger partial charge >= 0.3 is 5.91 Å². The summed E-state index contributed by atoms with van der Waals surface area (Å²) >= 11 is 0. The first-order valence-electron chi connectivity index (χ1n) is 7.58. The molecular weight excluding hydrogens is 322 g/mol. The zero-order valence-corrected chi connectivity index (χ0v) is 13.8. The van der Waals surface area contributed by atoms with Gasteiger partial charge in [0.25, 0.3) is 0 Å². The number of azo groups is 1. The van der Waals surface area contributed by atoms with Gasteiger partial charge in [-0.15, -0.1) is 10.2 Å². The minimum absolute atomic E-state index is 0.0474. The number of carbonyl (C=O) groups excluding carboxylic acids is 1. The number of fused-ring (bicyclic) bond motifs is 1. The van der Waals surface area contributed by atoms with Crippen LogP contribution in [-0.2, 0) is 11.8 Å². The number of methoxy groups -OCH3 is 1. The van der Waals surface area contributed by atoms with Crippen molar-refractivity contribution in [3.8, 4) is 17.4 Å². The van der Waals surface area contributed by atoms with Crippen molar-refractivity contribution in [2.45, 2.75) is 0 Å². The minimum Gasteiger partial charge on any atom is -0.497 e. The Morgan fingerprint density at radius 2 is 1.80 bits per heavy atom. The monoisotopic (exact) mass is 339 g/mol. The van der Waals surface area contributed by atoms with Gasteiger partial charge in [0.2, 0.25) is 5.88 Å². The second-order valence-corrected chi connectivity index (χ2v) is 5.31. The summed E-state index contributed by atoms with van der Waals surface area (Å²) in [6.45, 7) is -0.249. The number of benzene rings is 2. The number of hydrogen-bond acceptors (Lipinski definition) is 5. The lowest BCUT2D eigenvalue weighted by atomic mass is 10.2. The van der Waals surface area contributed by atoms with E-state index in [2.05, 4.69) is 10.2 Å². The molecule has 0 radical (unpaired) electrons. The lowest BCUT2D eigenvalue weighted by Gasteiger charge is -2.04. The number of aromatic hydroxyl groups is 1. The smallest absolute Gasteiger partial charge is 0.302 e. The predicted octanol–water partition coefficient (Wildman–Crippen LogP) is 3.58. The number of amides is 1. The highest BCUT2D eigenvalue weighted by atomic mass is 16.5. The molecule has 0 saturated carbocycles. The highest BCUT2D eigenvalue weighted by Gasteiger charge is 2.14. The highest BCUT2D eigenvalue weighted by Crippen LogP contribution is 2.37. The van der Waals surface area contributed by atoms with Crippen LogP contribution < -0.4 is 9.47 Å². The van der Waals surface area contributed by atoms with E-state index in [0.717, 1.165) is 10.9 Å². The van der Waals surface area contributed by atoms with Crippen molar-refractivity contribution < 1.29 is 19.4 Å². The van der Waals surface area contributed by atoms with Crippen molar-refractivity contribution in [3.63, 3.8) is 0 Å². The molecule has 0 saturated heterocycles. The second-order valence-electron chi connectivity index (χ2n) is 5.31. The maximum absolute atomic E-state index is 11.9. The third-order valence-corrected chi connectivity index (χ3v) is 3.73. The molecule has 0 bridgehead atoms. The molecule has 0 unspecified atom stereocenters. The van der Waals surface area contributed by atoms with E-state index in [4.69, 9.17) is 9.47 Å². The van der Waals surface area contributed by atoms with E-state index >= 15 is 0 Å². The SMILES string of the molecule is COc1ccc(OCC(=O)N=Nc2c(O)n(C)c3ccccc23)cc1. The summed E-state index contributed by atoms with van der Waals surface area (Å²) < 4.78 is 12.0. The van der Waals surface area contributed by atoms with E-state index in [1.165, 1.54) is 0 Å². The molecule has 1 N–H and O–H groups in total. The fourth-order valence-electron chi connectivity index (χ4n) is 2.41. The number of ether oxygens (including phenoxy) is 2. The lowest BCUT2D eigenvalue weighted by molar-refractivity contribution is -0.120. The number of aryl methyl sites for hydroxylation is 1. The van der Waals surface area contributed by atoms with E-state index in [1.54, 1.807) is 43.0 Å². The molecule has 128 valence electrons. The molecule has 0 atom stereocenters. The van der Waals surface area contributed by atoms with Crippen molar-refractivity contribution in [3.05, 3.63) is 48.5 Å². The van der Waals surface area contributed by atoms with Crippen LogP contribution in [0.1, 0.15) is 0 Å². The van der Waals surface area contributed by atoms with Gasteiger partial charge in [0, 0.05) is 12.4 Å². The Kier molecular flexibility index (Phi) is 4.65. The van der Waals surface area contributed by atoms with Crippen LogP contribution in [-0.4, -0.2) is 29.3 Å². The molecule has 1 amide bonds. The fourth-order valence-corrected chi connectivity index (χ4v) is 2.41. The van der Waals surface area contributed by atoms with Crippen molar-refractivity contribution in [2.75, 3.05) is 13.7 Å². The molecule has 1 heterocycles. The Balaban J connectivity index is 1.69. The van der Waals surface area contributed by atoms with Crippen LogP contribution in [0.15, 0.2) is 58.8 Å². The van der Waals surface area contributed by atoms with Crippen LogP contribution in [0.5, 0.6) is 17.4 Å². The van der Waals surface area contributed by atoms with Gasteiger partial charge in [-0.25, -0.2) is 0 Å². The molecule has 25 heavy (non-hydrogen) atoms. The van der Waals surface area contributed by atoms with Crippen molar-refractivity contribution in [2.24, 2.45) is 17.3 Å². The van der Waals surface area contributed by atoms with Gasteiger partial charge < -0.3 is 19.1 Å². The first-order chi connectivity index (χ1) is 12.1. The quantitative estimate of drug-likeness (QED) is 0.720. The summed E-state index contributed by atoms with van der Waals surface area (Å²) in [4.78, 5) is 11.9. The van der Waals surface area contributed by atoms with Crippen LogP contribution in [0.25, 0.3) is 10.9 Å². The van der Waals surface area contributed by atoms with E-state index in [-0.39, 0.29) is 18.2 Å². The highest BCUT2D eigenvalue weighted by molar-refractivity contribution is 5.95. The first-order valence-corrected chi connectivity index (χ1v) is 7.58. The van der Waals surface area contributed by atoms with Gasteiger partial charge in [-0.3, -0.25) is 4.79 Å². The molecule has 0 spiro atoms. The summed E-state index contributed by atoms with van der Waals surface area (Å²) in [7, 11) is 3.29. The fraction of sp³-hybridized carbons (Fsp3) is 0.167. The zero-order chi connectivity index (χ0) is 17.8. The molecule has 2 aromatic carbocycles. The van der Waals surface area contributed by atoms with E-state index < -0.39 is 5.91 Å². The van der Waals surface area contributed by atoms with Crippen molar-refractivity contribution in [1.29, 1.82) is 0 Å². The molecule has 3 aromatic rings. The summed E-state index contributed by atoms with van der Waals surface area (Å²) in [5.41, 5.74) is 1.06. The first kappa shape index (κ1) is 16.5. The molecule has 0 aliphatic rings. The maximum atomic E-state index is 11.9. The molecular formula is C18H17N3O4. The molecule has 0 fully saturated rings. The number of rotatable bonds is 5. The van der Waals surface area contributed by atoms with E-state index in [1.807, 2.05) is 24.3 Å². The van der Waals surface area contributed by atoms with Gasteiger partial charge in [0.15, 0.2) is 12.3 Å². The van der Waals surface area contributed by atoms with Crippen LogP contribution in [0.4, 0.5) is 5.69 Å². The van der Waals surface area contributed by atoms with Gasteiger partial charge in [0.1, 0.15) is 11.5 Å². The maximum Gasteiger partial charge on any atom is 0.302 e. The summed E-state index contributed by atoms with van der Waals surface area (Å²) in [5, 5.41) is 18.4. The Labute approximate surface area is 144 Å². The Bertz CT molecular complexity index is 929. The lowest BCUT2D eigenvalue weighted by Crippen LogP contribution is -2.07. The Morgan fingerprint density at radius 1 is 1.12 bits per heavy atom. The molecule has 1 aromatic heterocycles. The Hall–Kier alpha value is -3.35. The minimum atomic E-state index is -0.553. The summed E-state index contributed by atoms with van der Waals surface area (Å²) in [6.07, 6.45) is 0. The molecule has 7 heteroatoms. The Morgan fingerprint density at radius 3 is 2.52 bits per heavy atom. The van der Waals surface area contributed by atoms with Gasteiger partial charge in [-0.2, -0.15) is 0 Å². The normalized spacial score (nSPS) is 11.1. The molecule has 3 rings (SSSR count). The topological polar surface area (TPSA) is 85.4 Å². The average molecular weight is 339 g/mol. The van der Waals surface area contributed by atoms with Gasteiger partial charge in [-0.05, 0) is 30.3 Å². The number of hydrogen-bond donors (Lipinski definition) is 1. The third kappa shape index (κ3) is 3.45. The number of carbonyl (C=O) groups is 1.